The fraction of sp³-hybridized carbons (Fsp3) is 0.333. The van der Waals surface area contributed by atoms with Gasteiger partial charge in [0.1, 0.15) is 6.04 Å². The van der Waals surface area contributed by atoms with Crippen LogP contribution in [0.15, 0.2) is 24.3 Å². The Morgan fingerprint density at radius 1 is 1.05 bits per heavy atom. The van der Waals surface area contributed by atoms with Crippen molar-refractivity contribution in [2.24, 2.45) is 0 Å². The molecule has 21 heavy (non-hydrogen) atoms. The monoisotopic (exact) mass is 289 g/mol. The summed E-state index contributed by atoms with van der Waals surface area (Å²) in [5, 5.41) is 0. The number of esters is 1. The Balaban J connectivity index is 2.20. The van der Waals surface area contributed by atoms with E-state index in [2.05, 4.69) is 0 Å². The van der Waals surface area contributed by atoms with E-state index in [0.29, 0.717) is 0 Å². The summed E-state index contributed by atoms with van der Waals surface area (Å²) in [6.07, 6.45) is -0.907. The summed E-state index contributed by atoms with van der Waals surface area (Å²) in [5.41, 5.74) is 0.531. The molecule has 0 unspecified atom stereocenters. The third kappa shape index (κ3) is 2.56. The molecule has 2 amide bonds. The average molecular weight is 289 g/mol. The minimum Gasteiger partial charge on any atom is -0.453 e. The van der Waals surface area contributed by atoms with Crippen LogP contribution in [0.5, 0.6) is 0 Å². The van der Waals surface area contributed by atoms with Gasteiger partial charge in [0.25, 0.3) is 11.8 Å². The Morgan fingerprint density at radius 2 is 1.52 bits per heavy atom. The topological polar surface area (TPSA) is 80.8 Å². The lowest BCUT2D eigenvalue weighted by atomic mass is 10.1. The lowest BCUT2D eigenvalue weighted by molar-refractivity contribution is -0.156. The SMILES string of the molecule is CC(=O)[C@H](C)OC(=O)[C@H](C)N1C(=O)c2ccccc2C1=O. The molecule has 1 aliphatic heterocycles. The molecule has 1 aromatic carbocycles. The summed E-state index contributed by atoms with van der Waals surface area (Å²) in [6.45, 7) is 4.14. The Hall–Kier alpha value is -2.50. The summed E-state index contributed by atoms with van der Waals surface area (Å²) < 4.78 is 4.95. The molecule has 0 aromatic heterocycles. The maximum atomic E-state index is 12.2. The van der Waals surface area contributed by atoms with Crippen LogP contribution < -0.4 is 0 Å². The summed E-state index contributed by atoms with van der Waals surface area (Å²) in [6, 6.07) is 5.28. The molecule has 1 aromatic rings. The van der Waals surface area contributed by atoms with Crippen molar-refractivity contribution >= 4 is 23.6 Å². The number of hydrogen-bond acceptors (Lipinski definition) is 5. The maximum absolute atomic E-state index is 12.2. The highest BCUT2D eigenvalue weighted by Gasteiger charge is 2.41. The Morgan fingerprint density at radius 3 is 1.95 bits per heavy atom. The fourth-order valence-electron chi connectivity index (χ4n) is 2.02. The molecule has 0 fully saturated rings. The van der Waals surface area contributed by atoms with E-state index in [1.807, 2.05) is 0 Å². The van der Waals surface area contributed by atoms with Crippen molar-refractivity contribution in [3.63, 3.8) is 0 Å². The lowest BCUT2D eigenvalue weighted by Gasteiger charge is -2.22. The van der Waals surface area contributed by atoms with Crippen molar-refractivity contribution < 1.29 is 23.9 Å². The first kappa shape index (κ1) is 14.9. The molecule has 0 aliphatic carbocycles. The van der Waals surface area contributed by atoms with Crippen molar-refractivity contribution in [1.29, 1.82) is 0 Å². The van der Waals surface area contributed by atoms with E-state index < -0.39 is 29.9 Å². The molecule has 0 saturated heterocycles. The molecule has 2 rings (SSSR count). The van der Waals surface area contributed by atoms with Crippen LogP contribution in [0.4, 0.5) is 0 Å². The summed E-state index contributed by atoms with van der Waals surface area (Å²) in [5.74, 6) is -2.16. The van der Waals surface area contributed by atoms with Crippen molar-refractivity contribution in [3.8, 4) is 0 Å². The lowest BCUT2D eigenvalue weighted by Crippen LogP contribution is -2.45. The van der Waals surface area contributed by atoms with E-state index in [9.17, 15) is 19.2 Å². The minimum absolute atomic E-state index is 0.266. The van der Waals surface area contributed by atoms with E-state index >= 15 is 0 Å². The number of hydrogen-bond donors (Lipinski definition) is 0. The molecule has 2 atom stereocenters. The van der Waals surface area contributed by atoms with Gasteiger partial charge in [-0.25, -0.2) is 4.79 Å². The van der Waals surface area contributed by atoms with Crippen LogP contribution >= 0.6 is 0 Å². The molecule has 0 spiro atoms. The van der Waals surface area contributed by atoms with E-state index in [0.717, 1.165) is 4.90 Å². The third-order valence-corrected chi connectivity index (χ3v) is 3.42. The van der Waals surface area contributed by atoms with Crippen LogP contribution in [0.25, 0.3) is 0 Å². The van der Waals surface area contributed by atoms with Crippen molar-refractivity contribution in [2.75, 3.05) is 0 Å². The van der Waals surface area contributed by atoms with Gasteiger partial charge in [0.2, 0.25) is 0 Å². The second-order valence-electron chi connectivity index (χ2n) is 4.89. The number of fused-ring (bicyclic) bond motifs is 1. The van der Waals surface area contributed by atoms with Crippen LogP contribution in [-0.2, 0) is 14.3 Å². The number of imide groups is 1. The molecule has 0 radical (unpaired) electrons. The Kier molecular flexibility index (Phi) is 3.88. The van der Waals surface area contributed by atoms with E-state index in [1.165, 1.54) is 32.9 Å². The summed E-state index contributed by atoms with van der Waals surface area (Å²) in [4.78, 5) is 48.3. The van der Waals surface area contributed by atoms with Gasteiger partial charge in [0.05, 0.1) is 11.1 Å². The van der Waals surface area contributed by atoms with Gasteiger partial charge < -0.3 is 4.74 Å². The van der Waals surface area contributed by atoms with Crippen LogP contribution in [0.2, 0.25) is 0 Å². The van der Waals surface area contributed by atoms with Gasteiger partial charge in [-0.1, -0.05) is 12.1 Å². The number of ether oxygens (including phenoxy) is 1. The maximum Gasteiger partial charge on any atom is 0.329 e. The molecule has 1 heterocycles. The van der Waals surface area contributed by atoms with Gasteiger partial charge in [-0.05, 0) is 32.9 Å². The number of nitrogens with zero attached hydrogens (tertiary/aromatic N) is 1. The standard InChI is InChI=1S/C15H15NO5/c1-8(15(20)21-10(3)9(2)17)16-13(18)11-6-4-5-7-12(11)14(16)19/h4-8,10H,1-3H3/t8-,10-/m0/s1. The largest absolute Gasteiger partial charge is 0.453 e. The van der Waals surface area contributed by atoms with E-state index in [-0.39, 0.29) is 16.9 Å². The molecule has 0 bridgehead atoms. The molecule has 0 saturated carbocycles. The predicted molar refractivity (Wildman–Crippen MR) is 72.6 cm³/mol. The number of carbonyl (C=O) groups is 4. The van der Waals surface area contributed by atoms with Crippen molar-refractivity contribution in [3.05, 3.63) is 35.4 Å². The average Bonchev–Trinajstić information content (AvgIpc) is 2.70. The highest BCUT2D eigenvalue weighted by molar-refractivity contribution is 6.22. The molecule has 6 heteroatoms. The molecular formula is C15H15NO5. The fourth-order valence-corrected chi connectivity index (χ4v) is 2.02. The number of benzene rings is 1. The Bertz CT molecular complexity index is 602. The van der Waals surface area contributed by atoms with Crippen molar-refractivity contribution in [2.45, 2.75) is 32.9 Å². The second kappa shape index (κ2) is 5.47. The van der Waals surface area contributed by atoms with Gasteiger partial charge in [-0.3, -0.25) is 19.3 Å². The number of carbonyl (C=O) groups excluding carboxylic acids is 4. The first-order valence-corrected chi connectivity index (χ1v) is 6.52. The van der Waals surface area contributed by atoms with Crippen LogP contribution in [0.1, 0.15) is 41.5 Å². The number of amides is 2. The van der Waals surface area contributed by atoms with Crippen LogP contribution in [0, 0.1) is 0 Å². The van der Waals surface area contributed by atoms with Gasteiger partial charge >= 0.3 is 5.97 Å². The zero-order valence-corrected chi connectivity index (χ0v) is 12.0. The number of rotatable bonds is 4. The van der Waals surface area contributed by atoms with Gasteiger partial charge in [0, 0.05) is 0 Å². The highest BCUT2D eigenvalue weighted by Crippen LogP contribution is 2.24. The summed E-state index contributed by atoms with van der Waals surface area (Å²) >= 11 is 0. The van der Waals surface area contributed by atoms with Crippen LogP contribution in [0.3, 0.4) is 0 Å². The van der Waals surface area contributed by atoms with Gasteiger partial charge in [-0.2, -0.15) is 0 Å². The highest BCUT2D eigenvalue weighted by atomic mass is 16.5. The Labute approximate surface area is 121 Å². The number of ketones is 1. The molecule has 110 valence electrons. The van der Waals surface area contributed by atoms with Gasteiger partial charge in [-0.15, -0.1) is 0 Å². The minimum atomic E-state index is -1.08. The van der Waals surface area contributed by atoms with Crippen LogP contribution in [-0.4, -0.2) is 40.6 Å². The zero-order valence-electron chi connectivity index (χ0n) is 12.0. The first-order valence-electron chi connectivity index (χ1n) is 6.52. The molecule has 6 nitrogen and oxygen atoms in total. The predicted octanol–water partition coefficient (Wildman–Crippen LogP) is 1.19. The zero-order chi connectivity index (χ0) is 15.7. The molecule has 1 aliphatic rings. The van der Waals surface area contributed by atoms with E-state index in [1.54, 1.807) is 12.1 Å². The second-order valence-corrected chi connectivity index (χ2v) is 4.89. The summed E-state index contributed by atoms with van der Waals surface area (Å²) in [7, 11) is 0. The smallest absolute Gasteiger partial charge is 0.329 e. The normalized spacial score (nSPS) is 16.4. The third-order valence-electron chi connectivity index (χ3n) is 3.42. The molecular weight excluding hydrogens is 274 g/mol. The first-order chi connectivity index (χ1) is 9.84. The number of Topliss-reactive ketones (excluding diaryl/α,β-unsaturated/α-hetero) is 1. The quantitative estimate of drug-likeness (QED) is 0.614. The molecule has 0 N–H and O–H groups in total. The van der Waals surface area contributed by atoms with Crippen molar-refractivity contribution in [1.82, 2.24) is 4.90 Å². The van der Waals surface area contributed by atoms with E-state index in [4.69, 9.17) is 4.74 Å². The van der Waals surface area contributed by atoms with Gasteiger partial charge in [0.15, 0.2) is 11.9 Å².